The lowest BCUT2D eigenvalue weighted by Gasteiger charge is -2.35. The molecule has 1 aromatic carbocycles. The van der Waals surface area contributed by atoms with E-state index in [4.69, 9.17) is 4.74 Å². The van der Waals surface area contributed by atoms with Crippen LogP contribution >= 0.6 is 0 Å². The van der Waals surface area contributed by atoms with E-state index >= 15 is 0 Å². The van der Waals surface area contributed by atoms with Gasteiger partial charge in [-0.05, 0) is 37.1 Å². The van der Waals surface area contributed by atoms with Crippen molar-refractivity contribution in [3.05, 3.63) is 41.7 Å². The number of aromatic amines is 1. The van der Waals surface area contributed by atoms with Crippen LogP contribution in [0.2, 0.25) is 0 Å². The number of hydrogen-bond acceptors (Lipinski definition) is 5. The Labute approximate surface area is 142 Å². The van der Waals surface area contributed by atoms with Gasteiger partial charge >= 0.3 is 0 Å². The second-order valence-electron chi connectivity index (χ2n) is 6.25. The summed E-state index contributed by atoms with van der Waals surface area (Å²) in [5, 5.41) is 6.91. The summed E-state index contributed by atoms with van der Waals surface area (Å²) in [6.07, 6.45) is 5.78. The van der Waals surface area contributed by atoms with E-state index in [-0.39, 0.29) is 6.04 Å². The predicted octanol–water partition coefficient (Wildman–Crippen LogP) is 2.55. The first-order valence-corrected chi connectivity index (χ1v) is 9.98. The number of H-pyrrole nitrogens is 1. The normalized spacial score (nSPS) is 19.3. The van der Waals surface area contributed by atoms with Crippen molar-refractivity contribution in [2.45, 2.75) is 36.7 Å². The first kappa shape index (κ1) is 17.0. The van der Waals surface area contributed by atoms with Crippen molar-refractivity contribution in [2.24, 2.45) is 0 Å². The van der Waals surface area contributed by atoms with Gasteiger partial charge in [-0.15, -0.1) is 0 Å². The Hall–Kier alpha value is -1.86. The molecule has 0 amide bonds. The van der Waals surface area contributed by atoms with Crippen molar-refractivity contribution in [2.75, 3.05) is 19.9 Å². The molecular weight excluding hydrogens is 326 g/mol. The number of piperidine rings is 1. The number of aromatic nitrogens is 2. The number of rotatable bonds is 5. The third kappa shape index (κ3) is 3.62. The molecule has 7 heteroatoms. The Kier molecular flexibility index (Phi) is 4.91. The number of likely N-dealkylation sites (tertiary alicyclic amines) is 1. The van der Waals surface area contributed by atoms with Gasteiger partial charge in [0, 0.05) is 12.8 Å². The highest BCUT2D eigenvalue weighted by Crippen LogP contribution is 2.34. The molecule has 0 spiro atoms. The van der Waals surface area contributed by atoms with Crippen LogP contribution in [0.4, 0.5) is 0 Å². The molecule has 1 aliphatic heterocycles. The number of sulfone groups is 1. The van der Waals surface area contributed by atoms with Crippen LogP contribution in [-0.4, -0.2) is 43.4 Å². The fraction of sp³-hybridized carbons (Fsp3) is 0.471. The fourth-order valence-corrected chi connectivity index (χ4v) is 4.16. The molecule has 1 fully saturated rings. The Morgan fingerprint density at radius 2 is 2.21 bits per heavy atom. The minimum Gasteiger partial charge on any atom is -0.497 e. The zero-order chi connectivity index (χ0) is 17.2. The summed E-state index contributed by atoms with van der Waals surface area (Å²) in [6.45, 7) is 1.69. The molecule has 1 atom stereocenters. The van der Waals surface area contributed by atoms with Crippen LogP contribution in [0, 0.1) is 0 Å². The maximum absolute atomic E-state index is 12.0. The molecule has 1 N–H and O–H groups in total. The quantitative estimate of drug-likeness (QED) is 0.898. The van der Waals surface area contributed by atoms with Gasteiger partial charge in [-0.2, -0.15) is 5.10 Å². The third-order valence-electron chi connectivity index (χ3n) is 4.50. The number of methoxy groups -OCH3 is 1. The van der Waals surface area contributed by atoms with E-state index in [0.717, 1.165) is 43.7 Å². The summed E-state index contributed by atoms with van der Waals surface area (Å²) in [6, 6.07) is 8.03. The van der Waals surface area contributed by atoms with Crippen LogP contribution in [0.15, 0.2) is 35.4 Å². The molecule has 1 saturated heterocycles. The van der Waals surface area contributed by atoms with Crippen molar-refractivity contribution in [1.29, 1.82) is 0 Å². The average molecular weight is 349 g/mol. The number of benzene rings is 1. The SMILES string of the molecule is COc1cccc(CN2CCCC[C@@H]2c2[nH]ncc2S(C)(=O)=O)c1. The molecular formula is C17H23N3O3S. The second kappa shape index (κ2) is 6.94. The van der Waals surface area contributed by atoms with Gasteiger partial charge < -0.3 is 4.74 Å². The zero-order valence-electron chi connectivity index (χ0n) is 14.0. The Balaban J connectivity index is 1.88. The standard InChI is InChI=1S/C17H23N3O3S/c1-23-14-7-5-6-13(10-14)12-20-9-4-3-8-15(20)17-16(11-18-19-17)24(2,21)22/h5-7,10-11,15H,3-4,8-9,12H2,1-2H3,(H,18,19)/t15-/m1/s1. The van der Waals surface area contributed by atoms with Crippen LogP contribution < -0.4 is 4.74 Å². The monoisotopic (exact) mass is 349 g/mol. The van der Waals surface area contributed by atoms with Gasteiger partial charge in [0.2, 0.25) is 0 Å². The van der Waals surface area contributed by atoms with Gasteiger partial charge in [0.1, 0.15) is 10.6 Å². The molecule has 24 heavy (non-hydrogen) atoms. The lowest BCUT2D eigenvalue weighted by Crippen LogP contribution is -2.33. The van der Waals surface area contributed by atoms with Crippen LogP contribution in [-0.2, 0) is 16.4 Å². The molecule has 0 bridgehead atoms. The molecule has 0 saturated carbocycles. The Morgan fingerprint density at radius 3 is 2.96 bits per heavy atom. The highest BCUT2D eigenvalue weighted by molar-refractivity contribution is 7.90. The van der Waals surface area contributed by atoms with Crippen molar-refractivity contribution in [3.8, 4) is 5.75 Å². The highest BCUT2D eigenvalue weighted by Gasteiger charge is 2.30. The largest absolute Gasteiger partial charge is 0.497 e. The molecule has 2 aromatic rings. The van der Waals surface area contributed by atoms with Crippen LogP contribution in [0.1, 0.15) is 36.6 Å². The highest BCUT2D eigenvalue weighted by atomic mass is 32.2. The summed E-state index contributed by atoms with van der Waals surface area (Å²) in [5.74, 6) is 0.833. The number of ether oxygens (including phenoxy) is 1. The van der Waals surface area contributed by atoms with Gasteiger partial charge in [0.05, 0.1) is 25.0 Å². The van der Waals surface area contributed by atoms with E-state index in [9.17, 15) is 8.42 Å². The maximum Gasteiger partial charge on any atom is 0.178 e. The van der Waals surface area contributed by atoms with Crippen LogP contribution in [0.3, 0.4) is 0 Å². The Bertz CT molecular complexity index is 801. The summed E-state index contributed by atoms with van der Waals surface area (Å²) >= 11 is 0. The first-order chi connectivity index (χ1) is 11.5. The van der Waals surface area contributed by atoms with Crippen molar-refractivity contribution >= 4 is 9.84 Å². The zero-order valence-corrected chi connectivity index (χ0v) is 14.8. The molecule has 1 aromatic heterocycles. The van der Waals surface area contributed by atoms with E-state index in [2.05, 4.69) is 21.2 Å². The van der Waals surface area contributed by atoms with Gasteiger partial charge in [0.15, 0.2) is 9.84 Å². The summed E-state index contributed by atoms with van der Waals surface area (Å²) in [7, 11) is -1.63. The summed E-state index contributed by atoms with van der Waals surface area (Å²) < 4.78 is 29.3. The minimum atomic E-state index is -3.29. The number of nitrogens with zero attached hydrogens (tertiary/aromatic N) is 2. The van der Waals surface area contributed by atoms with Crippen molar-refractivity contribution < 1.29 is 13.2 Å². The van der Waals surface area contributed by atoms with E-state index < -0.39 is 9.84 Å². The van der Waals surface area contributed by atoms with Crippen molar-refractivity contribution in [1.82, 2.24) is 15.1 Å². The van der Waals surface area contributed by atoms with Crippen LogP contribution in [0.5, 0.6) is 5.75 Å². The smallest absolute Gasteiger partial charge is 0.178 e. The molecule has 130 valence electrons. The minimum absolute atomic E-state index is 0.0391. The molecule has 0 aliphatic carbocycles. The average Bonchev–Trinajstić information content (AvgIpc) is 3.05. The summed E-state index contributed by atoms with van der Waals surface area (Å²) in [4.78, 5) is 2.63. The maximum atomic E-state index is 12.0. The molecule has 1 aliphatic rings. The molecule has 0 radical (unpaired) electrons. The van der Waals surface area contributed by atoms with E-state index in [0.29, 0.717) is 10.6 Å². The lowest BCUT2D eigenvalue weighted by molar-refractivity contribution is 0.135. The third-order valence-corrected chi connectivity index (χ3v) is 5.62. The molecule has 2 heterocycles. The molecule has 6 nitrogen and oxygen atoms in total. The number of hydrogen-bond donors (Lipinski definition) is 1. The Morgan fingerprint density at radius 1 is 1.38 bits per heavy atom. The van der Waals surface area contributed by atoms with Gasteiger partial charge in [-0.3, -0.25) is 10.00 Å². The topological polar surface area (TPSA) is 75.3 Å². The van der Waals surface area contributed by atoms with E-state index in [1.807, 2.05) is 18.2 Å². The first-order valence-electron chi connectivity index (χ1n) is 8.09. The number of nitrogens with one attached hydrogen (secondary N) is 1. The van der Waals surface area contributed by atoms with Gasteiger partial charge in [-0.1, -0.05) is 18.6 Å². The van der Waals surface area contributed by atoms with E-state index in [1.165, 1.54) is 12.5 Å². The van der Waals surface area contributed by atoms with Gasteiger partial charge in [-0.25, -0.2) is 8.42 Å². The summed E-state index contributed by atoms with van der Waals surface area (Å²) in [5.41, 5.74) is 1.86. The fourth-order valence-electron chi connectivity index (χ4n) is 3.33. The molecule has 0 unspecified atom stereocenters. The predicted molar refractivity (Wildman–Crippen MR) is 91.7 cm³/mol. The van der Waals surface area contributed by atoms with E-state index in [1.54, 1.807) is 7.11 Å². The van der Waals surface area contributed by atoms with Gasteiger partial charge in [0.25, 0.3) is 0 Å². The van der Waals surface area contributed by atoms with Crippen molar-refractivity contribution in [3.63, 3.8) is 0 Å². The van der Waals surface area contributed by atoms with Crippen LogP contribution in [0.25, 0.3) is 0 Å². The molecule has 3 rings (SSSR count). The lowest BCUT2D eigenvalue weighted by atomic mass is 9.98. The second-order valence-corrected chi connectivity index (χ2v) is 8.24.